The van der Waals surface area contributed by atoms with Gasteiger partial charge >= 0.3 is 0 Å². The van der Waals surface area contributed by atoms with Gasteiger partial charge in [0.05, 0.1) is 0 Å². The third-order valence-electron chi connectivity index (χ3n) is 5.40. The average Bonchev–Trinajstić information content (AvgIpc) is 3.38. The zero-order valence-corrected chi connectivity index (χ0v) is 17.8. The molecular weight excluding hydrogens is 462 g/mol. The van der Waals surface area contributed by atoms with E-state index in [1.165, 1.54) is 36.7 Å². The fraction of sp³-hybridized carbons (Fsp3) is 0. The monoisotopic (exact) mass is 468 g/mol. The first-order chi connectivity index (χ1) is 17.4. The molecule has 4 rings (SSSR count). The van der Waals surface area contributed by atoms with Gasteiger partial charge in [0.2, 0.25) is 0 Å². The molecule has 2 aromatic heterocycles. The summed E-state index contributed by atoms with van der Waals surface area (Å²) in [4.78, 5) is 7.62. The summed E-state index contributed by atoms with van der Waals surface area (Å²) in [6.45, 7) is 0. The lowest BCUT2D eigenvalue weighted by Crippen LogP contribution is -2.00. The van der Waals surface area contributed by atoms with Gasteiger partial charge in [0.15, 0.2) is 0 Å². The molecule has 164 valence electrons. The topological polar surface area (TPSA) is 169 Å². The van der Waals surface area contributed by atoms with E-state index in [0.717, 1.165) is 0 Å². The van der Waals surface area contributed by atoms with Crippen LogP contribution < -0.4 is 0 Å². The maximum atomic E-state index is 16.2. The molecule has 0 amide bonds. The van der Waals surface area contributed by atoms with E-state index in [1.54, 1.807) is 36.4 Å². The van der Waals surface area contributed by atoms with E-state index < -0.39 is 45.1 Å². The predicted molar refractivity (Wildman–Crippen MR) is 117 cm³/mol. The Morgan fingerprint density at radius 1 is 0.583 bits per heavy atom. The van der Waals surface area contributed by atoms with E-state index in [-0.39, 0.29) is 33.7 Å². The quantitative estimate of drug-likeness (QED) is 0.588. The molecule has 2 aliphatic carbocycles. The molecule has 0 saturated carbocycles. The van der Waals surface area contributed by atoms with Crippen molar-refractivity contribution in [3.05, 3.63) is 104 Å². The molecule has 2 aromatic rings. The van der Waals surface area contributed by atoms with Crippen molar-refractivity contribution in [2.75, 3.05) is 0 Å². The Morgan fingerprint density at radius 3 is 1.25 bits per heavy atom. The molecule has 0 fully saturated rings. The predicted octanol–water partition coefficient (Wildman–Crippen LogP) is 4.29. The summed E-state index contributed by atoms with van der Waals surface area (Å²) >= 11 is 0. The molecule has 0 spiro atoms. The second-order valence-corrected chi connectivity index (χ2v) is 7.16. The van der Waals surface area contributed by atoms with Crippen molar-refractivity contribution in [2.45, 2.75) is 0 Å². The van der Waals surface area contributed by atoms with Gasteiger partial charge in [-0.1, -0.05) is 0 Å². The smallest absolute Gasteiger partial charge is 0.141 e. The summed E-state index contributed by atoms with van der Waals surface area (Å²) in [5.41, 5.74) is -3.85. The molecule has 10 heteroatoms. The third kappa shape index (κ3) is 3.30. The van der Waals surface area contributed by atoms with Crippen molar-refractivity contribution in [1.82, 2.24) is 9.97 Å². The minimum atomic E-state index is -1.10. The van der Waals surface area contributed by atoms with E-state index >= 15 is 8.78 Å². The fourth-order valence-corrected chi connectivity index (χ4v) is 4.02. The summed E-state index contributed by atoms with van der Waals surface area (Å²) in [6, 6.07) is 15.2. The van der Waals surface area contributed by atoms with Crippen LogP contribution in [-0.4, -0.2) is 9.97 Å². The lowest BCUT2D eigenvalue weighted by molar-refractivity contribution is 0.655. The minimum absolute atomic E-state index is 0.0336. The summed E-state index contributed by atoms with van der Waals surface area (Å²) in [6.07, 6.45) is 2.41. The fourth-order valence-electron chi connectivity index (χ4n) is 4.02. The number of nitriles is 6. The van der Waals surface area contributed by atoms with E-state index in [1.807, 2.05) is 0 Å². The number of aromatic nitrogens is 2. The van der Waals surface area contributed by atoms with Crippen molar-refractivity contribution >= 4 is 11.1 Å². The molecule has 0 aliphatic heterocycles. The first-order valence-corrected chi connectivity index (χ1v) is 9.83. The zero-order chi connectivity index (χ0) is 26.0. The van der Waals surface area contributed by atoms with Crippen molar-refractivity contribution in [2.24, 2.45) is 0 Å². The van der Waals surface area contributed by atoms with Gasteiger partial charge in [0, 0.05) is 45.8 Å². The first kappa shape index (κ1) is 23.0. The van der Waals surface area contributed by atoms with E-state index in [2.05, 4.69) is 9.97 Å². The number of pyridine rings is 2. The van der Waals surface area contributed by atoms with Gasteiger partial charge in [-0.2, -0.15) is 31.6 Å². The van der Waals surface area contributed by atoms with Gasteiger partial charge in [-0.3, -0.25) is 0 Å². The van der Waals surface area contributed by atoms with Gasteiger partial charge in [-0.05, 0) is 35.4 Å². The Hall–Kier alpha value is -6.20. The molecule has 0 N–H and O–H groups in total. The number of allylic oxidation sites excluding steroid dienone is 10. The second-order valence-electron chi connectivity index (χ2n) is 7.16. The standard InChI is InChI=1S/C26H6F2N8/c27-25-21(13-1-3-35-17(5-13)11-33)19(15(7-29)8-30)23-24(25)20(16(9-31)10-32)22(26(23)28)14-2-4-36-18(6-14)12-34/h1-6H. The van der Waals surface area contributed by atoms with Crippen molar-refractivity contribution in [3.63, 3.8) is 0 Å². The molecule has 0 aromatic carbocycles. The number of nitrogens with zero attached hydrogens (tertiary/aromatic N) is 8. The van der Waals surface area contributed by atoms with E-state index in [9.17, 15) is 31.6 Å². The Labute approximate surface area is 202 Å². The van der Waals surface area contributed by atoms with Crippen molar-refractivity contribution in [1.29, 1.82) is 31.6 Å². The molecule has 0 unspecified atom stereocenters. The highest BCUT2D eigenvalue weighted by molar-refractivity contribution is 6.07. The molecule has 0 radical (unpaired) electrons. The highest BCUT2D eigenvalue weighted by Crippen LogP contribution is 2.58. The van der Waals surface area contributed by atoms with Crippen LogP contribution in [0.25, 0.3) is 11.1 Å². The molecule has 8 nitrogen and oxygen atoms in total. The van der Waals surface area contributed by atoms with Crippen LogP contribution >= 0.6 is 0 Å². The van der Waals surface area contributed by atoms with Crippen LogP contribution in [0.5, 0.6) is 0 Å². The molecule has 0 atom stereocenters. The van der Waals surface area contributed by atoms with Crippen LogP contribution in [0, 0.1) is 68.0 Å². The number of rotatable bonds is 2. The lowest BCUT2D eigenvalue weighted by atomic mass is 9.89. The van der Waals surface area contributed by atoms with Crippen LogP contribution in [0.15, 0.2) is 81.8 Å². The van der Waals surface area contributed by atoms with Crippen LogP contribution in [0.4, 0.5) is 8.78 Å². The second kappa shape index (κ2) is 8.97. The average molecular weight is 468 g/mol. The van der Waals surface area contributed by atoms with E-state index in [4.69, 9.17) is 0 Å². The molecule has 2 heterocycles. The Balaban J connectivity index is 2.16. The normalized spacial score (nSPS) is 13.8. The summed E-state index contributed by atoms with van der Waals surface area (Å²) in [5, 5.41) is 56.8. The molecule has 2 aliphatic rings. The number of hydrogen-bond donors (Lipinski definition) is 0. The number of hydrogen-bond acceptors (Lipinski definition) is 8. The minimum Gasteiger partial charge on any atom is -0.246 e. The largest absolute Gasteiger partial charge is 0.246 e. The summed E-state index contributed by atoms with van der Waals surface area (Å²) in [7, 11) is 0. The maximum absolute atomic E-state index is 16.2. The van der Waals surface area contributed by atoms with Crippen LogP contribution in [-0.2, 0) is 0 Å². The van der Waals surface area contributed by atoms with Gasteiger partial charge in [0.25, 0.3) is 0 Å². The number of halogens is 2. The Morgan fingerprint density at radius 2 is 0.944 bits per heavy atom. The Kier molecular flexibility index (Phi) is 5.73. The van der Waals surface area contributed by atoms with Gasteiger partial charge in [0.1, 0.15) is 70.6 Å². The SMILES string of the molecule is N#CC(C#N)=C1C2=C(C(F)=C1c1ccnc(C#N)c1)C(=C(C#N)C#N)C(c1ccnc(C#N)c1)=C2F. The lowest BCUT2D eigenvalue weighted by Gasteiger charge is -2.13. The highest BCUT2D eigenvalue weighted by Gasteiger charge is 2.44. The molecule has 0 bridgehead atoms. The maximum Gasteiger partial charge on any atom is 0.141 e. The Bertz CT molecular complexity index is 1650. The van der Waals surface area contributed by atoms with Crippen LogP contribution in [0.3, 0.4) is 0 Å². The van der Waals surface area contributed by atoms with Crippen molar-refractivity contribution < 1.29 is 8.78 Å². The summed E-state index contributed by atoms with van der Waals surface area (Å²) < 4.78 is 32.4. The van der Waals surface area contributed by atoms with E-state index in [0.29, 0.717) is 0 Å². The van der Waals surface area contributed by atoms with Gasteiger partial charge < -0.3 is 0 Å². The van der Waals surface area contributed by atoms with Crippen LogP contribution in [0.2, 0.25) is 0 Å². The molecule has 0 saturated heterocycles. The molecular formula is C26H6F2N8. The highest BCUT2D eigenvalue weighted by atomic mass is 19.1. The molecule has 36 heavy (non-hydrogen) atoms. The first-order valence-electron chi connectivity index (χ1n) is 9.83. The van der Waals surface area contributed by atoms with Gasteiger partial charge in [-0.25, -0.2) is 18.7 Å². The summed E-state index contributed by atoms with van der Waals surface area (Å²) in [5.74, 6) is -2.20. The zero-order valence-electron chi connectivity index (χ0n) is 17.8. The van der Waals surface area contributed by atoms with Crippen molar-refractivity contribution in [3.8, 4) is 36.4 Å². The third-order valence-corrected chi connectivity index (χ3v) is 5.40. The van der Waals surface area contributed by atoms with Gasteiger partial charge in [-0.15, -0.1) is 0 Å². The van der Waals surface area contributed by atoms with Crippen LogP contribution in [0.1, 0.15) is 22.5 Å².